The van der Waals surface area contributed by atoms with E-state index in [2.05, 4.69) is 22.2 Å². The minimum atomic E-state index is -0.819. The second kappa shape index (κ2) is 17.4. The molecule has 2 N–H and O–H groups in total. The molecular formula is C32H48ClN3O5. The number of likely N-dealkylation sites (tertiary alicyclic amines) is 2. The van der Waals surface area contributed by atoms with Crippen LogP contribution >= 0.6 is 11.6 Å². The van der Waals surface area contributed by atoms with E-state index in [1.165, 1.54) is 51.9 Å². The molecule has 3 aliphatic heterocycles. The normalized spacial score (nSPS) is 18.9. The van der Waals surface area contributed by atoms with Crippen molar-refractivity contribution in [3.63, 3.8) is 0 Å². The van der Waals surface area contributed by atoms with Crippen molar-refractivity contribution in [2.24, 2.45) is 0 Å². The van der Waals surface area contributed by atoms with Gasteiger partial charge in [0.2, 0.25) is 5.91 Å². The van der Waals surface area contributed by atoms with E-state index in [0.717, 1.165) is 11.6 Å². The van der Waals surface area contributed by atoms with E-state index in [0.29, 0.717) is 53.9 Å². The summed E-state index contributed by atoms with van der Waals surface area (Å²) in [5.41, 5.74) is 1.62. The lowest BCUT2D eigenvalue weighted by molar-refractivity contribution is -0.121. The minimum absolute atomic E-state index is 0.127. The Morgan fingerprint density at radius 1 is 1.07 bits per heavy atom. The summed E-state index contributed by atoms with van der Waals surface area (Å²) >= 11 is 6.09. The molecule has 0 aromatic heterocycles. The number of carbonyl (C=O) groups excluding carboxylic acids is 1. The number of aryl methyl sites for hydroxylation is 1. The van der Waals surface area contributed by atoms with Gasteiger partial charge in [0.1, 0.15) is 19.0 Å². The molecule has 2 saturated heterocycles. The summed E-state index contributed by atoms with van der Waals surface area (Å²) in [4.78, 5) is 17.2. The zero-order valence-corrected chi connectivity index (χ0v) is 25.9. The van der Waals surface area contributed by atoms with E-state index in [1.54, 1.807) is 37.4 Å². The molecule has 5 rings (SSSR count). The van der Waals surface area contributed by atoms with E-state index in [1.807, 2.05) is 19.9 Å². The van der Waals surface area contributed by atoms with E-state index in [9.17, 15) is 9.90 Å². The predicted molar refractivity (Wildman–Crippen MR) is 164 cm³/mol. The smallest absolute Gasteiger partial charge is 0.220 e. The number of halogens is 1. The number of carbonyl (C=O) groups is 1. The molecule has 228 valence electrons. The first-order valence-corrected chi connectivity index (χ1v) is 15.4. The average molecular weight is 590 g/mol. The Kier molecular flexibility index (Phi) is 14.0. The fourth-order valence-electron chi connectivity index (χ4n) is 5.28. The summed E-state index contributed by atoms with van der Waals surface area (Å²) < 4.78 is 16.1. The number of benzene rings is 2. The summed E-state index contributed by atoms with van der Waals surface area (Å²) in [6, 6.07) is 11.6. The standard InChI is InChI=1S/C20H22ClNO5.C10H20N2.C2H6/c1-25-17-5-2-13(10-15(17)21)3-7-20(24)22-12-16(23)14-4-6-18-19(11-14)27-9-8-26-18;1-11-6-4-5-10(11)9-12-7-2-3-8-12;1-2/h2,4-6,10-11,16,23H,3,7-9,12H2,1H3,(H,22,24);10H,2-9H2,1H3;1-2H3. The molecule has 2 aromatic rings. The molecule has 8 nitrogen and oxygen atoms in total. The van der Waals surface area contributed by atoms with Crippen LogP contribution < -0.4 is 19.5 Å². The molecule has 0 saturated carbocycles. The number of fused-ring (bicyclic) bond motifs is 1. The molecular weight excluding hydrogens is 542 g/mol. The Balaban J connectivity index is 0.000000274. The van der Waals surface area contributed by atoms with E-state index in [4.69, 9.17) is 25.8 Å². The number of methoxy groups -OCH3 is 1. The third-order valence-corrected chi connectivity index (χ3v) is 7.94. The highest BCUT2D eigenvalue weighted by molar-refractivity contribution is 6.32. The highest BCUT2D eigenvalue weighted by atomic mass is 35.5. The predicted octanol–water partition coefficient (Wildman–Crippen LogP) is 5.10. The van der Waals surface area contributed by atoms with Gasteiger partial charge in [-0.1, -0.05) is 37.6 Å². The van der Waals surface area contributed by atoms with Crippen LogP contribution in [0.1, 0.15) is 63.2 Å². The third kappa shape index (κ3) is 10.4. The maximum absolute atomic E-state index is 12.1. The Hall–Kier alpha value is -2.52. The van der Waals surface area contributed by atoms with Gasteiger partial charge >= 0.3 is 0 Å². The molecule has 2 atom stereocenters. The van der Waals surface area contributed by atoms with Crippen molar-refractivity contribution in [3.8, 4) is 17.2 Å². The van der Waals surface area contributed by atoms with E-state index >= 15 is 0 Å². The van der Waals surface area contributed by atoms with Crippen LogP contribution in [-0.2, 0) is 11.2 Å². The topological polar surface area (TPSA) is 83.5 Å². The molecule has 2 fully saturated rings. The number of likely N-dealkylation sites (N-methyl/N-ethyl adjacent to an activating group) is 1. The highest BCUT2D eigenvalue weighted by Crippen LogP contribution is 2.32. The lowest BCUT2D eigenvalue weighted by atomic mass is 10.1. The summed E-state index contributed by atoms with van der Waals surface area (Å²) in [6.45, 7) is 10.5. The van der Waals surface area contributed by atoms with Crippen molar-refractivity contribution in [1.82, 2.24) is 15.1 Å². The number of aliphatic hydroxyl groups is 1. The SMILES string of the molecule is CC.CN1CCCC1CN1CCCC1.COc1ccc(CCC(=O)NCC(O)c2ccc3c(c2)OCCO3)cc1Cl. The van der Waals surface area contributed by atoms with Gasteiger partial charge in [0.05, 0.1) is 18.2 Å². The van der Waals surface area contributed by atoms with Gasteiger partial charge in [-0.25, -0.2) is 0 Å². The summed E-state index contributed by atoms with van der Waals surface area (Å²) in [6.07, 6.45) is 5.72. The number of hydrogen-bond donors (Lipinski definition) is 2. The summed E-state index contributed by atoms with van der Waals surface area (Å²) in [7, 11) is 3.83. The van der Waals surface area contributed by atoms with Crippen LogP contribution in [0.25, 0.3) is 0 Å². The Morgan fingerprint density at radius 3 is 2.46 bits per heavy atom. The zero-order chi connectivity index (χ0) is 29.6. The summed E-state index contributed by atoms with van der Waals surface area (Å²) in [5.74, 6) is 1.74. The molecule has 2 unspecified atom stereocenters. The quantitative estimate of drug-likeness (QED) is 0.421. The fraction of sp³-hybridized carbons (Fsp3) is 0.594. The van der Waals surface area contributed by atoms with Crippen LogP contribution in [-0.4, -0.2) is 87.0 Å². The number of aliphatic hydroxyl groups excluding tert-OH is 1. The zero-order valence-electron chi connectivity index (χ0n) is 25.2. The molecule has 41 heavy (non-hydrogen) atoms. The minimum Gasteiger partial charge on any atom is -0.495 e. The summed E-state index contributed by atoms with van der Waals surface area (Å²) in [5, 5.41) is 13.6. The molecule has 0 bridgehead atoms. The van der Waals surface area contributed by atoms with Crippen LogP contribution in [0, 0.1) is 0 Å². The number of nitrogens with zero attached hydrogens (tertiary/aromatic N) is 2. The van der Waals surface area contributed by atoms with Crippen LogP contribution in [0.3, 0.4) is 0 Å². The van der Waals surface area contributed by atoms with Crippen molar-refractivity contribution in [2.75, 3.05) is 60.1 Å². The largest absolute Gasteiger partial charge is 0.495 e. The van der Waals surface area contributed by atoms with Crippen molar-refractivity contribution in [1.29, 1.82) is 0 Å². The van der Waals surface area contributed by atoms with Crippen LogP contribution in [0.15, 0.2) is 36.4 Å². The molecule has 2 aromatic carbocycles. The Labute approximate surface area is 250 Å². The number of ether oxygens (including phenoxy) is 3. The van der Waals surface area contributed by atoms with Gasteiger partial charge in [0.15, 0.2) is 11.5 Å². The fourth-order valence-corrected chi connectivity index (χ4v) is 5.56. The first-order chi connectivity index (χ1) is 19.9. The Morgan fingerprint density at radius 2 is 1.80 bits per heavy atom. The molecule has 3 aliphatic rings. The van der Waals surface area contributed by atoms with E-state index in [-0.39, 0.29) is 12.5 Å². The van der Waals surface area contributed by atoms with Crippen molar-refractivity contribution >= 4 is 17.5 Å². The third-order valence-electron chi connectivity index (χ3n) is 7.64. The van der Waals surface area contributed by atoms with Crippen molar-refractivity contribution < 1.29 is 24.1 Å². The van der Waals surface area contributed by atoms with Crippen molar-refractivity contribution in [2.45, 2.75) is 64.5 Å². The van der Waals surface area contributed by atoms with Crippen LogP contribution in [0.4, 0.5) is 0 Å². The number of hydrogen-bond acceptors (Lipinski definition) is 7. The monoisotopic (exact) mass is 589 g/mol. The average Bonchev–Trinajstić information content (AvgIpc) is 3.68. The van der Waals surface area contributed by atoms with Crippen LogP contribution in [0.5, 0.6) is 17.2 Å². The second-order valence-corrected chi connectivity index (χ2v) is 10.9. The highest BCUT2D eigenvalue weighted by Gasteiger charge is 2.24. The van der Waals surface area contributed by atoms with Gasteiger partial charge in [-0.2, -0.15) is 0 Å². The lowest BCUT2D eigenvalue weighted by Crippen LogP contribution is -2.37. The molecule has 0 spiro atoms. The maximum atomic E-state index is 12.1. The Bertz CT molecular complexity index is 1080. The van der Waals surface area contributed by atoms with Gasteiger partial charge in [-0.3, -0.25) is 4.79 Å². The van der Waals surface area contributed by atoms with Gasteiger partial charge in [-0.05, 0) is 94.2 Å². The molecule has 1 amide bonds. The molecule has 9 heteroatoms. The van der Waals surface area contributed by atoms with E-state index < -0.39 is 6.10 Å². The first-order valence-electron chi connectivity index (χ1n) is 15.0. The molecule has 0 aliphatic carbocycles. The number of amides is 1. The molecule has 3 heterocycles. The lowest BCUT2D eigenvalue weighted by Gasteiger charge is -2.24. The van der Waals surface area contributed by atoms with Gasteiger partial charge in [0.25, 0.3) is 0 Å². The maximum Gasteiger partial charge on any atom is 0.220 e. The molecule has 0 radical (unpaired) electrons. The van der Waals surface area contributed by atoms with Crippen molar-refractivity contribution in [3.05, 3.63) is 52.5 Å². The van der Waals surface area contributed by atoms with Gasteiger partial charge < -0.3 is 34.4 Å². The van der Waals surface area contributed by atoms with Gasteiger partial charge in [-0.15, -0.1) is 0 Å². The second-order valence-electron chi connectivity index (χ2n) is 10.5. The number of nitrogens with one attached hydrogen (secondary N) is 1. The van der Waals surface area contributed by atoms with Gasteiger partial charge in [0, 0.05) is 25.6 Å². The number of rotatable bonds is 9. The first kappa shape index (κ1) is 33.0. The van der Waals surface area contributed by atoms with Crippen LogP contribution in [0.2, 0.25) is 5.02 Å².